The van der Waals surface area contributed by atoms with Crippen molar-refractivity contribution in [2.24, 2.45) is 11.8 Å². The van der Waals surface area contributed by atoms with Gasteiger partial charge in [0.1, 0.15) is 0 Å². The molecular weight excluding hydrogens is 236 g/mol. The Morgan fingerprint density at radius 1 is 1.11 bits per heavy atom. The second-order valence-electron chi connectivity index (χ2n) is 6.49. The molecular formula is C16H30N2O. The van der Waals surface area contributed by atoms with Crippen molar-refractivity contribution in [2.75, 3.05) is 6.54 Å². The summed E-state index contributed by atoms with van der Waals surface area (Å²) in [7, 11) is 0. The molecule has 2 aliphatic carbocycles. The Balaban J connectivity index is 1.66. The van der Waals surface area contributed by atoms with Gasteiger partial charge in [-0.2, -0.15) is 0 Å². The molecule has 0 radical (unpaired) electrons. The quantitative estimate of drug-likeness (QED) is 0.803. The third-order valence-corrected chi connectivity index (χ3v) is 5.25. The minimum Gasteiger partial charge on any atom is -0.352 e. The highest BCUT2D eigenvalue weighted by Crippen LogP contribution is 2.33. The van der Waals surface area contributed by atoms with Crippen LogP contribution in [0.3, 0.4) is 0 Å². The van der Waals surface area contributed by atoms with E-state index in [2.05, 4.69) is 24.5 Å². The molecule has 0 aromatic rings. The lowest BCUT2D eigenvalue weighted by Crippen LogP contribution is -2.44. The van der Waals surface area contributed by atoms with Gasteiger partial charge in [0.25, 0.3) is 0 Å². The van der Waals surface area contributed by atoms with Crippen LogP contribution < -0.4 is 10.6 Å². The van der Waals surface area contributed by atoms with Gasteiger partial charge in [-0.1, -0.05) is 39.5 Å². The maximum atomic E-state index is 12.0. The van der Waals surface area contributed by atoms with Crippen LogP contribution in [0.4, 0.5) is 0 Å². The molecule has 0 aliphatic heterocycles. The maximum Gasteiger partial charge on any atom is 0.234 e. The number of carbonyl (C=O) groups excluding carboxylic acids is 1. The third-order valence-electron chi connectivity index (χ3n) is 5.25. The van der Waals surface area contributed by atoms with Crippen molar-refractivity contribution < 1.29 is 4.79 Å². The zero-order chi connectivity index (χ0) is 13.7. The van der Waals surface area contributed by atoms with Crippen LogP contribution in [0, 0.1) is 11.8 Å². The molecule has 0 aromatic carbocycles. The van der Waals surface area contributed by atoms with Gasteiger partial charge in [-0.05, 0) is 37.5 Å². The molecule has 110 valence electrons. The van der Waals surface area contributed by atoms with E-state index in [4.69, 9.17) is 0 Å². The van der Waals surface area contributed by atoms with Crippen LogP contribution in [-0.4, -0.2) is 24.5 Å². The van der Waals surface area contributed by atoms with E-state index in [9.17, 15) is 4.79 Å². The smallest absolute Gasteiger partial charge is 0.234 e. The minimum atomic E-state index is 0.194. The Morgan fingerprint density at radius 3 is 2.47 bits per heavy atom. The molecule has 2 fully saturated rings. The predicted octanol–water partition coefficient (Wildman–Crippen LogP) is 2.85. The van der Waals surface area contributed by atoms with E-state index >= 15 is 0 Å². The van der Waals surface area contributed by atoms with Gasteiger partial charge in [-0.25, -0.2) is 0 Å². The van der Waals surface area contributed by atoms with Gasteiger partial charge in [0, 0.05) is 12.1 Å². The summed E-state index contributed by atoms with van der Waals surface area (Å²) in [6.45, 7) is 5.11. The van der Waals surface area contributed by atoms with Gasteiger partial charge >= 0.3 is 0 Å². The lowest BCUT2D eigenvalue weighted by atomic mass is 9.93. The van der Waals surface area contributed by atoms with Crippen molar-refractivity contribution in [3.05, 3.63) is 0 Å². The van der Waals surface area contributed by atoms with Gasteiger partial charge in [-0.15, -0.1) is 0 Å². The van der Waals surface area contributed by atoms with E-state index in [-0.39, 0.29) is 5.91 Å². The monoisotopic (exact) mass is 266 g/mol. The lowest BCUT2D eigenvalue weighted by Gasteiger charge is -2.24. The molecule has 3 atom stereocenters. The molecule has 2 saturated carbocycles. The molecule has 2 N–H and O–H groups in total. The van der Waals surface area contributed by atoms with Crippen molar-refractivity contribution in [1.29, 1.82) is 0 Å². The molecule has 1 amide bonds. The fourth-order valence-electron chi connectivity index (χ4n) is 3.86. The zero-order valence-corrected chi connectivity index (χ0v) is 12.6. The summed E-state index contributed by atoms with van der Waals surface area (Å²) in [6.07, 6.45) is 10.0. The normalized spacial score (nSPS) is 32.4. The molecule has 0 spiro atoms. The lowest BCUT2D eigenvalue weighted by molar-refractivity contribution is -0.121. The van der Waals surface area contributed by atoms with Gasteiger partial charge in [0.2, 0.25) is 5.91 Å². The SMILES string of the molecule is CCC1CCC(NCC(=O)NC2CCCCC2)C1C. The van der Waals surface area contributed by atoms with Gasteiger partial charge in [-0.3, -0.25) is 4.79 Å². The van der Waals surface area contributed by atoms with E-state index in [0.717, 1.165) is 5.92 Å². The molecule has 0 bridgehead atoms. The van der Waals surface area contributed by atoms with Crippen LogP contribution in [0.25, 0.3) is 0 Å². The summed E-state index contributed by atoms with van der Waals surface area (Å²) in [5, 5.41) is 6.65. The van der Waals surface area contributed by atoms with Crippen LogP contribution in [0.1, 0.15) is 65.2 Å². The number of hydrogen-bond donors (Lipinski definition) is 2. The van der Waals surface area contributed by atoms with E-state index in [1.165, 1.54) is 51.4 Å². The Hall–Kier alpha value is -0.570. The topological polar surface area (TPSA) is 41.1 Å². The number of hydrogen-bond acceptors (Lipinski definition) is 2. The number of nitrogens with one attached hydrogen (secondary N) is 2. The first-order valence-electron chi connectivity index (χ1n) is 8.23. The average Bonchev–Trinajstić information content (AvgIpc) is 2.78. The zero-order valence-electron chi connectivity index (χ0n) is 12.6. The molecule has 0 aromatic heterocycles. The van der Waals surface area contributed by atoms with Crippen molar-refractivity contribution in [1.82, 2.24) is 10.6 Å². The van der Waals surface area contributed by atoms with Crippen molar-refractivity contribution in [3.63, 3.8) is 0 Å². The van der Waals surface area contributed by atoms with Crippen LogP contribution in [0.2, 0.25) is 0 Å². The van der Waals surface area contributed by atoms with Gasteiger partial charge < -0.3 is 10.6 Å². The molecule has 3 unspecified atom stereocenters. The summed E-state index contributed by atoms with van der Waals surface area (Å²) in [5.41, 5.74) is 0. The molecule has 19 heavy (non-hydrogen) atoms. The Labute approximate surface area is 117 Å². The summed E-state index contributed by atoms with van der Waals surface area (Å²) in [4.78, 5) is 12.0. The van der Waals surface area contributed by atoms with E-state index in [1.54, 1.807) is 0 Å². The fourth-order valence-corrected chi connectivity index (χ4v) is 3.86. The predicted molar refractivity (Wildman–Crippen MR) is 79.0 cm³/mol. The average molecular weight is 266 g/mol. The Kier molecular flexibility index (Phi) is 5.68. The first-order chi connectivity index (χ1) is 9.20. The largest absolute Gasteiger partial charge is 0.352 e. The molecule has 0 saturated heterocycles. The van der Waals surface area contributed by atoms with Crippen LogP contribution in [0.5, 0.6) is 0 Å². The number of carbonyl (C=O) groups is 1. The van der Waals surface area contributed by atoms with E-state index in [0.29, 0.717) is 24.5 Å². The molecule has 3 nitrogen and oxygen atoms in total. The third kappa shape index (κ3) is 4.20. The summed E-state index contributed by atoms with van der Waals surface area (Å²) >= 11 is 0. The standard InChI is InChI=1S/C16H30N2O/c1-3-13-9-10-15(12(13)2)17-11-16(19)18-14-7-5-4-6-8-14/h12-15,17H,3-11H2,1-2H3,(H,18,19). The highest BCUT2D eigenvalue weighted by molar-refractivity contribution is 5.78. The highest BCUT2D eigenvalue weighted by atomic mass is 16.1. The maximum absolute atomic E-state index is 12.0. The van der Waals surface area contributed by atoms with Crippen molar-refractivity contribution >= 4 is 5.91 Å². The Bertz CT molecular complexity index is 286. The van der Waals surface area contributed by atoms with Crippen molar-refractivity contribution in [2.45, 2.75) is 77.3 Å². The Morgan fingerprint density at radius 2 is 1.84 bits per heavy atom. The second-order valence-corrected chi connectivity index (χ2v) is 6.49. The molecule has 2 aliphatic rings. The van der Waals surface area contributed by atoms with Crippen LogP contribution in [-0.2, 0) is 4.79 Å². The van der Waals surface area contributed by atoms with E-state index < -0.39 is 0 Å². The number of rotatable bonds is 5. The minimum absolute atomic E-state index is 0.194. The van der Waals surface area contributed by atoms with Crippen molar-refractivity contribution in [3.8, 4) is 0 Å². The fraction of sp³-hybridized carbons (Fsp3) is 0.938. The first-order valence-corrected chi connectivity index (χ1v) is 8.23. The molecule has 3 heteroatoms. The van der Waals surface area contributed by atoms with Gasteiger partial charge in [0.15, 0.2) is 0 Å². The highest BCUT2D eigenvalue weighted by Gasteiger charge is 2.31. The van der Waals surface area contributed by atoms with Crippen LogP contribution >= 0.6 is 0 Å². The summed E-state index contributed by atoms with van der Waals surface area (Å²) < 4.78 is 0. The first kappa shape index (κ1) is 14.8. The summed E-state index contributed by atoms with van der Waals surface area (Å²) in [6, 6.07) is 0.981. The molecule has 0 heterocycles. The molecule has 2 rings (SSSR count). The van der Waals surface area contributed by atoms with Gasteiger partial charge in [0.05, 0.1) is 6.54 Å². The summed E-state index contributed by atoms with van der Waals surface area (Å²) in [5.74, 6) is 1.76. The second kappa shape index (κ2) is 7.28. The van der Waals surface area contributed by atoms with E-state index in [1.807, 2.05) is 0 Å². The number of amides is 1. The van der Waals surface area contributed by atoms with Crippen LogP contribution in [0.15, 0.2) is 0 Å².